The van der Waals surface area contributed by atoms with Gasteiger partial charge in [0.2, 0.25) is 5.76 Å². The van der Waals surface area contributed by atoms with Gasteiger partial charge in [0.05, 0.1) is 11.6 Å². The number of carboxylic acids is 1. The second-order valence-corrected chi connectivity index (χ2v) is 6.56. The molecule has 1 aromatic rings. The molecule has 2 N–H and O–H groups in total. The Morgan fingerprint density at radius 1 is 1.29 bits per heavy atom. The molecule has 1 aromatic heterocycles. The van der Waals surface area contributed by atoms with Crippen molar-refractivity contribution in [1.82, 2.24) is 10.3 Å². The summed E-state index contributed by atoms with van der Waals surface area (Å²) in [7, 11) is 0. The van der Waals surface area contributed by atoms with E-state index >= 15 is 0 Å². The van der Waals surface area contributed by atoms with Crippen molar-refractivity contribution in [2.24, 2.45) is 17.8 Å². The number of carbonyl (C=O) groups is 2. The lowest BCUT2D eigenvalue weighted by Crippen LogP contribution is -2.27. The predicted octanol–water partition coefficient (Wildman–Crippen LogP) is 1.70. The van der Waals surface area contributed by atoms with Gasteiger partial charge in [-0.15, -0.1) is 0 Å². The van der Waals surface area contributed by atoms with Crippen molar-refractivity contribution in [3.8, 4) is 0 Å². The van der Waals surface area contributed by atoms with Crippen LogP contribution in [0.25, 0.3) is 0 Å². The van der Waals surface area contributed by atoms with E-state index in [0.717, 1.165) is 25.7 Å². The molecule has 6 nitrogen and oxygen atoms in total. The van der Waals surface area contributed by atoms with Crippen LogP contribution >= 0.6 is 0 Å². The van der Waals surface area contributed by atoms with Gasteiger partial charge in [0.1, 0.15) is 0 Å². The molecule has 1 amide bonds. The maximum absolute atomic E-state index is 12.2. The Morgan fingerprint density at radius 3 is 2.67 bits per heavy atom. The van der Waals surface area contributed by atoms with E-state index in [1.54, 1.807) is 6.92 Å². The summed E-state index contributed by atoms with van der Waals surface area (Å²) < 4.78 is 5.58. The van der Waals surface area contributed by atoms with E-state index in [1.165, 1.54) is 0 Å². The standard InChI is InChI=1S/C15H18N2O4/c1-6-12(21-14(16-6)7-2-3-7)13(18)17-11-5-9(11)8-4-10(8)15(19)20/h7-11H,2-5H2,1H3,(H,17,18)(H,19,20)/t8-,9+,10-,11+/m0/s1. The van der Waals surface area contributed by atoms with Crippen LogP contribution in [0.4, 0.5) is 0 Å². The third-order valence-electron chi connectivity index (χ3n) is 4.81. The zero-order valence-corrected chi connectivity index (χ0v) is 11.8. The molecule has 0 aliphatic heterocycles. The molecule has 4 rings (SSSR count). The summed E-state index contributed by atoms with van der Waals surface area (Å²) in [5, 5.41) is 11.9. The molecule has 0 bridgehead atoms. The van der Waals surface area contributed by atoms with Crippen LogP contribution in [0.15, 0.2) is 4.42 Å². The highest BCUT2D eigenvalue weighted by atomic mass is 16.4. The molecule has 4 atom stereocenters. The minimum atomic E-state index is -0.711. The highest BCUT2D eigenvalue weighted by Gasteiger charge is 2.57. The predicted molar refractivity (Wildman–Crippen MR) is 71.8 cm³/mol. The number of hydrogen-bond donors (Lipinski definition) is 2. The summed E-state index contributed by atoms with van der Waals surface area (Å²) in [6.07, 6.45) is 3.80. The lowest BCUT2D eigenvalue weighted by Gasteiger charge is -2.02. The van der Waals surface area contributed by atoms with Crippen LogP contribution in [0.5, 0.6) is 0 Å². The number of amides is 1. The SMILES string of the molecule is Cc1nc(C2CC2)oc1C(=O)N[C@@H]1C[C@@H]1[C@@H]1C[C@@H]1C(=O)O. The van der Waals surface area contributed by atoms with Crippen LogP contribution in [0.2, 0.25) is 0 Å². The number of nitrogens with one attached hydrogen (secondary N) is 1. The second kappa shape index (κ2) is 4.32. The number of carboxylic acid groups (broad SMARTS) is 1. The molecule has 0 spiro atoms. The number of nitrogens with zero attached hydrogens (tertiary/aromatic N) is 1. The van der Waals surface area contributed by atoms with Crippen LogP contribution in [0.1, 0.15) is 53.7 Å². The van der Waals surface area contributed by atoms with Gasteiger partial charge in [0, 0.05) is 12.0 Å². The van der Waals surface area contributed by atoms with Gasteiger partial charge < -0.3 is 14.8 Å². The van der Waals surface area contributed by atoms with Gasteiger partial charge in [-0.3, -0.25) is 9.59 Å². The van der Waals surface area contributed by atoms with E-state index in [9.17, 15) is 9.59 Å². The van der Waals surface area contributed by atoms with Crippen LogP contribution in [-0.2, 0) is 4.79 Å². The topological polar surface area (TPSA) is 92.4 Å². The molecular formula is C15H18N2O4. The zero-order chi connectivity index (χ0) is 14.7. The highest BCUT2D eigenvalue weighted by Crippen LogP contribution is 2.54. The average Bonchev–Trinajstić information content (AvgIpc) is 3.29. The number of hydrogen-bond acceptors (Lipinski definition) is 4. The third-order valence-corrected chi connectivity index (χ3v) is 4.81. The third kappa shape index (κ3) is 2.32. The van der Waals surface area contributed by atoms with Gasteiger partial charge in [-0.2, -0.15) is 0 Å². The molecule has 1 heterocycles. The number of aromatic nitrogens is 1. The fourth-order valence-corrected chi connectivity index (χ4v) is 3.19. The summed E-state index contributed by atoms with van der Waals surface area (Å²) in [6, 6.07) is 0.0979. The van der Waals surface area contributed by atoms with E-state index in [-0.39, 0.29) is 23.8 Å². The van der Waals surface area contributed by atoms with Crippen LogP contribution in [0, 0.1) is 24.7 Å². The lowest BCUT2D eigenvalue weighted by molar-refractivity contribution is -0.138. The van der Waals surface area contributed by atoms with Gasteiger partial charge in [0.25, 0.3) is 5.91 Å². The molecule has 0 saturated heterocycles. The van der Waals surface area contributed by atoms with Crippen molar-refractivity contribution in [2.45, 2.75) is 44.6 Å². The van der Waals surface area contributed by atoms with Crippen LogP contribution < -0.4 is 5.32 Å². The fraction of sp³-hybridized carbons (Fsp3) is 0.667. The summed E-state index contributed by atoms with van der Waals surface area (Å²) >= 11 is 0. The average molecular weight is 290 g/mol. The molecule has 0 radical (unpaired) electrons. The lowest BCUT2D eigenvalue weighted by atomic mass is 10.2. The Kier molecular flexibility index (Phi) is 2.65. The molecule has 112 valence electrons. The second-order valence-electron chi connectivity index (χ2n) is 6.56. The molecule has 6 heteroatoms. The smallest absolute Gasteiger partial charge is 0.306 e. The highest BCUT2D eigenvalue weighted by molar-refractivity contribution is 5.92. The number of rotatable bonds is 5. The van der Waals surface area contributed by atoms with Crippen molar-refractivity contribution in [3.05, 3.63) is 17.3 Å². The molecule has 3 aliphatic rings. The Morgan fingerprint density at radius 2 is 2.05 bits per heavy atom. The van der Waals surface area contributed by atoms with Gasteiger partial charge in [-0.05, 0) is 44.4 Å². The van der Waals surface area contributed by atoms with Crippen LogP contribution in [-0.4, -0.2) is 28.0 Å². The van der Waals surface area contributed by atoms with Gasteiger partial charge in [-0.1, -0.05) is 0 Å². The van der Waals surface area contributed by atoms with Gasteiger partial charge in [-0.25, -0.2) is 4.98 Å². The largest absolute Gasteiger partial charge is 0.481 e. The number of oxazole rings is 1. The molecule has 0 aromatic carbocycles. The Labute approximate surface area is 121 Å². The van der Waals surface area contributed by atoms with Gasteiger partial charge in [0.15, 0.2) is 5.89 Å². The molecule has 3 saturated carbocycles. The minimum Gasteiger partial charge on any atom is -0.481 e. The number of aliphatic carboxylic acids is 1. The van der Waals surface area contributed by atoms with E-state index in [1.807, 2.05) is 0 Å². The molecule has 3 aliphatic carbocycles. The maximum Gasteiger partial charge on any atom is 0.306 e. The molecule has 21 heavy (non-hydrogen) atoms. The Balaban J connectivity index is 1.36. The van der Waals surface area contributed by atoms with E-state index in [0.29, 0.717) is 29.2 Å². The van der Waals surface area contributed by atoms with Crippen molar-refractivity contribution in [3.63, 3.8) is 0 Å². The quantitative estimate of drug-likeness (QED) is 0.861. The van der Waals surface area contributed by atoms with Crippen molar-refractivity contribution >= 4 is 11.9 Å². The monoisotopic (exact) mass is 290 g/mol. The van der Waals surface area contributed by atoms with Crippen molar-refractivity contribution in [2.75, 3.05) is 0 Å². The number of carbonyl (C=O) groups excluding carboxylic acids is 1. The summed E-state index contributed by atoms with van der Waals surface area (Å²) in [6.45, 7) is 1.79. The van der Waals surface area contributed by atoms with E-state index < -0.39 is 5.97 Å². The van der Waals surface area contributed by atoms with Crippen molar-refractivity contribution in [1.29, 1.82) is 0 Å². The first-order valence-corrected chi connectivity index (χ1v) is 7.55. The first-order valence-electron chi connectivity index (χ1n) is 7.55. The zero-order valence-electron chi connectivity index (χ0n) is 11.8. The fourth-order valence-electron chi connectivity index (χ4n) is 3.19. The first-order chi connectivity index (χ1) is 10.0. The first kappa shape index (κ1) is 12.9. The molecular weight excluding hydrogens is 272 g/mol. The van der Waals surface area contributed by atoms with Gasteiger partial charge >= 0.3 is 5.97 Å². The maximum atomic E-state index is 12.2. The summed E-state index contributed by atoms with van der Waals surface area (Å²) in [4.78, 5) is 27.4. The normalized spacial score (nSPS) is 33.6. The van der Waals surface area contributed by atoms with E-state index in [2.05, 4.69) is 10.3 Å². The molecule has 3 fully saturated rings. The van der Waals surface area contributed by atoms with Crippen LogP contribution in [0.3, 0.4) is 0 Å². The summed E-state index contributed by atoms with van der Waals surface area (Å²) in [5.41, 5.74) is 0.640. The number of aryl methyl sites for hydroxylation is 1. The van der Waals surface area contributed by atoms with E-state index in [4.69, 9.17) is 9.52 Å². The Bertz CT molecular complexity index is 619. The van der Waals surface area contributed by atoms with Crippen molar-refractivity contribution < 1.29 is 19.1 Å². The summed E-state index contributed by atoms with van der Waals surface area (Å²) in [5.74, 6) is 0.814. The molecule has 0 unspecified atom stereocenters. The Hall–Kier alpha value is -1.85. The minimum absolute atomic E-state index is 0.0979.